The molecule has 5 aliphatic carbocycles. The summed E-state index contributed by atoms with van der Waals surface area (Å²) in [4.78, 5) is 54.0. The number of carbonyl (C=O) groups is 4. The maximum atomic E-state index is 14.8. The van der Waals surface area contributed by atoms with Gasteiger partial charge in [-0.3, -0.25) is 9.59 Å². The lowest BCUT2D eigenvalue weighted by Gasteiger charge is -2.71. The Kier molecular flexibility index (Phi) is 16.0. The second-order valence-electron chi connectivity index (χ2n) is 25.4. The quantitative estimate of drug-likeness (QED) is 0.0464. The number of aliphatic hydroxyl groups is 11. The van der Waals surface area contributed by atoms with Gasteiger partial charge in [0.05, 0.1) is 30.8 Å². The van der Waals surface area contributed by atoms with Gasteiger partial charge in [0.1, 0.15) is 91.1 Å². The lowest BCUT2D eigenvalue weighted by molar-refractivity contribution is -0.391. The molecule has 12 N–H and O–H groups in total. The molecule has 0 radical (unpaired) electrons. The van der Waals surface area contributed by atoms with Crippen LogP contribution in [-0.4, -0.2) is 221 Å². The molecular weight excluding hydrogens is 1020 g/mol. The Morgan fingerprint density at radius 1 is 0.714 bits per heavy atom. The van der Waals surface area contributed by atoms with E-state index in [4.69, 9.17) is 37.9 Å². The summed E-state index contributed by atoms with van der Waals surface area (Å²) >= 11 is 0. The van der Waals surface area contributed by atoms with Crippen LogP contribution in [0.4, 0.5) is 0 Å². The van der Waals surface area contributed by atoms with E-state index in [1.807, 2.05) is 0 Å². The second kappa shape index (κ2) is 20.9. The van der Waals surface area contributed by atoms with Crippen LogP contribution >= 0.6 is 0 Å². The fourth-order valence-corrected chi connectivity index (χ4v) is 16.0. The summed E-state index contributed by atoms with van der Waals surface area (Å²) in [5.74, 6) is -4.27. The number of ether oxygens (including phenoxy) is 8. The Labute approximate surface area is 445 Å². The summed E-state index contributed by atoms with van der Waals surface area (Å²) in [7, 11) is 0. The van der Waals surface area contributed by atoms with Crippen molar-refractivity contribution < 1.29 is 118 Å². The van der Waals surface area contributed by atoms with Crippen molar-refractivity contribution in [2.45, 2.75) is 229 Å². The maximum absolute atomic E-state index is 14.8. The molecule has 77 heavy (non-hydrogen) atoms. The van der Waals surface area contributed by atoms with Gasteiger partial charge < -0.3 is 104 Å². The van der Waals surface area contributed by atoms with Gasteiger partial charge in [0.2, 0.25) is 6.29 Å². The van der Waals surface area contributed by atoms with Crippen molar-refractivity contribution in [3.05, 3.63) is 11.6 Å². The van der Waals surface area contributed by atoms with E-state index < -0.39 is 193 Å². The molecule has 0 spiro atoms. The zero-order valence-electron chi connectivity index (χ0n) is 44.5. The minimum Gasteiger partial charge on any atom is -0.479 e. The van der Waals surface area contributed by atoms with E-state index in [0.29, 0.717) is 38.5 Å². The number of aliphatic carboxylic acids is 1. The molecule has 9 aliphatic rings. The first-order chi connectivity index (χ1) is 36.0. The topological polar surface area (TPSA) is 385 Å². The van der Waals surface area contributed by atoms with Crippen LogP contribution in [0.5, 0.6) is 0 Å². The number of ketones is 1. The number of allylic oxidation sites excluding steroid dienone is 2. The summed E-state index contributed by atoms with van der Waals surface area (Å²) in [5.41, 5.74) is -3.90. The Bertz CT molecular complexity index is 2260. The molecule has 0 bridgehead atoms. The zero-order valence-corrected chi connectivity index (χ0v) is 44.5. The molecule has 24 heteroatoms. The molecule has 8 fully saturated rings. The summed E-state index contributed by atoms with van der Waals surface area (Å²) in [6, 6.07) is 0. The number of fused-ring (bicyclic) bond motifs is 7. The molecule has 4 saturated carbocycles. The monoisotopic (exact) mass is 1100 g/mol. The molecule has 0 aromatic carbocycles. The fourth-order valence-electron chi connectivity index (χ4n) is 16.0. The molecule has 4 saturated heterocycles. The first-order valence-corrected chi connectivity index (χ1v) is 27.1. The van der Waals surface area contributed by atoms with Crippen molar-refractivity contribution in [2.75, 3.05) is 13.2 Å². The van der Waals surface area contributed by atoms with Gasteiger partial charge in [0.15, 0.2) is 30.8 Å². The van der Waals surface area contributed by atoms with Crippen molar-refractivity contribution in [3.8, 4) is 0 Å². The van der Waals surface area contributed by atoms with Gasteiger partial charge in [-0.1, -0.05) is 53.2 Å². The van der Waals surface area contributed by atoms with Crippen LogP contribution in [-0.2, 0) is 57.1 Å². The van der Waals surface area contributed by atoms with Gasteiger partial charge in [-0.25, -0.2) is 4.79 Å². The van der Waals surface area contributed by atoms with E-state index in [-0.39, 0.29) is 30.6 Å². The Hall–Kier alpha value is -2.70. The van der Waals surface area contributed by atoms with E-state index in [2.05, 4.69) is 40.7 Å². The average molecular weight is 1100 g/mol. The summed E-state index contributed by atoms with van der Waals surface area (Å²) in [5, 5.41) is 130. The third-order valence-corrected chi connectivity index (χ3v) is 20.8. The van der Waals surface area contributed by atoms with Crippen LogP contribution in [0, 0.1) is 50.2 Å². The number of esters is 1. The summed E-state index contributed by atoms with van der Waals surface area (Å²) in [6.45, 7) is 12.4. The van der Waals surface area contributed by atoms with Crippen molar-refractivity contribution in [2.24, 2.45) is 50.2 Å². The third kappa shape index (κ3) is 9.29. The highest BCUT2D eigenvalue weighted by Gasteiger charge is 2.73. The normalized spacial score (nSPS) is 53.6. The Balaban J connectivity index is 1.03. The maximum Gasteiger partial charge on any atom is 0.335 e. The number of carboxylic acids is 1. The molecule has 24 nitrogen and oxygen atoms in total. The van der Waals surface area contributed by atoms with E-state index in [1.165, 1.54) is 6.92 Å². The minimum atomic E-state index is -2.17. The van der Waals surface area contributed by atoms with Crippen LogP contribution in [0.1, 0.15) is 106 Å². The first-order valence-electron chi connectivity index (χ1n) is 27.1. The van der Waals surface area contributed by atoms with Crippen LogP contribution in [0.25, 0.3) is 0 Å². The van der Waals surface area contributed by atoms with Crippen molar-refractivity contribution in [1.29, 1.82) is 0 Å². The highest BCUT2D eigenvalue weighted by atomic mass is 16.8. The van der Waals surface area contributed by atoms with E-state index >= 15 is 0 Å². The minimum absolute atomic E-state index is 0.120. The second-order valence-corrected chi connectivity index (χ2v) is 25.4. The van der Waals surface area contributed by atoms with Crippen molar-refractivity contribution in [1.82, 2.24) is 0 Å². The highest BCUT2D eigenvalue weighted by molar-refractivity contribution is 5.88. The Morgan fingerprint density at radius 2 is 1.39 bits per heavy atom. The van der Waals surface area contributed by atoms with Gasteiger partial charge in [0, 0.05) is 0 Å². The molecule has 0 amide bonds. The van der Waals surface area contributed by atoms with E-state index in [0.717, 1.165) is 11.9 Å². The molecule has 436 valence electrons. The first kappa shape index (κ1) is 58.9. The number of aldehydes is 1. The molecule has 9 rings (SSSR count). The lowest BCUT2D eigenvalue weighted by Crippen LogP contribution is -2.69. The van der Waals surface area contributed by atoms with Crippen LogP contribution in [0.2, 0.25) is 0 Å². The zero-order chi connectivity index (χ0) is 56.4. The van der Waals surface area contributed by atoms with Crippen LogP contribution < -0.4 is 0 Å². The van der Waals surface area contributed by atoms with Gasteiger partial charge in [-0.2, -0.15) is 0 Å². The number of aliphatic hydroxyl groups excluding tert-OH is 11. The van der Waals surface area contributed by atoms with Crippen molar-refractivity contribution in [3.63, 3.8) is 0 Å². The third-order valence-electron chi connectivity index (χ3n) is 20.8. The molecular formula is C53H80O24. The number of rotatable bonds is 11. The largest absolute Gasteiger partial charge is 0.479 e. The number of hydrogen-bond acceptors (Lipinski definition) is 23. The molecule has 0 aromatic rings. The highest BCUT2D eigenvalue weighted by Crippen LogP contribution is 2.76. The van der Waals surface area contributed by atoms with E-state index in [1.54, 1.807) is 6.92 Å². The van der Waals surface area contributed by atoms with Gasteiger partial charge in [-0.05, 0) is 104 Å². The molecule has 0 unspecified atom stereocenters. The van der Waals surface area contributed by atoms with E-state index in [9.17, 15) is 80.5 Å². The lowest BCUT2D eigenvalue weighted by atomic mass is 9.33. The predicted molar refractivity (Wildman–Crippen MR) is 257 cm³/mol. The van der Waals surface area contributed by atoms with Gasteiger partial charge in [0.25, 0.3) is 0 Å². The number of carboxylic acid groups (broad SMARTS) is 1. The fraction of sp³-hybridized carbons (Fsp3) is 0.887. The average Bonchev–Trinajstić information content (AvgIpc) is 3.51. The molecule has 0 aromatic heterocycles. The van der Waals surface area contributed by atoms with Crippen LogP contribution in [0.3, 0.4) is 0 Å². The number of carbonyl (C=O) groups excluding carboxylic acids is 3. The number of hydrogen-bond donors (Lipinski definition) is 12. The summed E-state index contributed by atoms with van der Waals surface area (Å²) < 4.78 is 47.5. The Morgan fingerprint density at radius 3 is 2.05 bits per heavy atom. The molecule has 4 aliphatic heterocycles. The summed E-state index contributed by atoms with van der Waals surface area (Å²) in [6.07, 6.45) is -28.6. The smallest absolute Gasteiger partial charge is 0.335 e. The molecule has 28 atom stereocenters. The SMILES string of the molecule is C[C@H]1O[C@@H](OC(=O)[C@]23CCC(C)(C)C[C@H]2C2=CC[C@@H]4[C@@]5(C)CC[C@H](O[C@@H]6O[C@H](C(=O)O)[C@@H](O)[C@H](O[C@@H]7OC[C@@H](O)[C@H](O)[C@H]7O)[C@H]6O[C@@H]6O[C@H](CO)[C@H](O)[C@H](O)[C@H]6O)[C@@](C)(C=O)[C@@H]5CC[C@@]4(C)[C@]2(C)C[C@H]3O)[C@H](O)[C@@H](O)C1=O. The van der Waals surface area contributed by atoms with Crippen molar-refractivity contribution >= 4 is 24.0 Å². The van der Waals surface area contributed by atoms with Gasteiger partial charge in [-0.15, -0.1) is 0 Å². The standard InChI is InChI=1S/C53H80O24/c1-21-30(58)33(61)36(64)44(71-21)77-47(69)53-15-14-48(2,3)16-23(53)22-8-9-27-49(4)12-11-29(50(5,20-55)26(49)10-13-51(27,6)52(22,7)17-28(53)57)73-46-41(76-45-37(65)34(62)32(60)25(18-54)72-45)39(38(66)40(75-46)42(67)68)74-43-35(63)31(59)24(56)19-70-43/h8,20-21,23-29,31-41,43-46,54,56-57,59-66H,9-19H2,1-7H3,(H,67,68)/t21-,23+,24-,25-,26-,27-,28-,29+,31+,32+,33+,34+,35-,36-,37-,38+,39+,40+,41-,43+,44+,45+,46-,49+,50+,51-,52-,53-/m1/s1. The van der Waals surface area contributed by atoms with Gasteiger partial charge >= 0.3 is 11.9 Å². The molecule has 4 heterocycles. The predicted octanol–water partition coefficient (Wildman–Crippen LogP) is -1.92. The van der Waals surface area contributed by atoms with Crippen LogP contribution in [0.15, 0.2) is 11.6 Å². The number of Topliss-reactive ketones (excluding diaryl/α,β-unsaturated/α-hetero) is 1.